The van der Waals surface area contributed by atoms with E-state index in [9.17, 15) is 27.9 Å². The zero-order valence-corrected chi connectivity index (χ0v) is 17.0. The largest absolute Gasteiger partial charge is 0.457 e. The third-order valence-corrected chi connectivity index (χ3v) is 5.34. The van der Waals surface area contributed by atoms with Crippen LogP contribution in [-0.2, 0) is 0 Å². The van der Waals surface area contributed by atoms with Crippen molar-refractivity contribution in [1.29, 1.82) is 0 Å². The molecule has 1 heterocycles. The van der Waals surface area contributed by atoms with Crippen LogP contribution >= 0.6 is 0 Å². The number of para-hydroxylation sites is 1. The molecule has 9 heteroatoms. The molecule has 0 radical (unpaired) electrons. The number of rotatable bonds is 5. The number of carbonyl (C=O) groups is 2. The van der Waals surface area contributed by atoms with Gasteiger partial charge in [0.25, 0.3) is 0 Å². The lowest BCUT2D eigenvalue weighted by atomic mass is 9.77. The Balaban J connectivity index is 1.78. The summed E-state index contributed by atoms with van der Waals surface area (Å²) in [5, 5.41) is 14.5. The number of aliphatic hydroxyl groups is 1. The first-order valence-electron chi connectivity index (χ1n) is 9.99. The van der Waals surface area contributed by atoms with E-state index in [2.05, 4.69) is 5.32 Å². The van der Waals surface area contributed by atoms with Crippen LogP contribution in [0, 0.1) is 5.92 Å². The van der Waals surface area contributed by atoms with Gasteiger partial charge in [0.05, 0.1) is 6.04 Å². The first-order chi connectivity index (χ1) is 15.7. The molecular weight excluding hydrogens is 437 g/mol. The van der Waals surface area contributed by atoms with Gasteiger partial charge in [0.15, 0.2) is 5.78 Å². The maximum Gasteiger partial charge on any atom is 0.437 e. The van der Waals surface area contributed by atoms with Gasteiger partial charge in [0.1, 0.15) is 17.4 Å². The standard InChI is InChI=1S/C24H19F3N2O4/c25-24(26,27)23(32)19(21(30)15-8-3-1-4-9-15)20(28-22(31)29-23)16-10-7-13-18(14-16)33-17-11-5-2-6-12-17/h1-14,19-20,32H,(H2,28,29,31). The van der Waals surface area contributed by atoms with Gasteiger partial charge in [-0.05, 0) is 29.8 Å². The normalized spacial score (nSPS) is 22.7. The Kier molecular flexibility index (Phi) is 5.82. The van der Waals surface area contributed by atoms with Gasteiger partial charge in [-0.2, -0.15) is 13.2 Å². The van der Waals surface area contributed by atoms with Gasteiger partial charge in [-0.1, -0.05) is 60.7 Å². The average molecular weight is 456 g/mol. The molecule has 1 aliphatic rings. The Morgan fingerprint density at radius 1 is 0.909 bits per heavy atom. The molecule has 3 atom stereocenters. The van der Waals surface area contributed by atoms with E-state index >= 15 is 0 Å². The quantitative estimate of drug-likeness (QED) is 0.491. The van der Waals surface area contributed by atoms with Gasteiger partial charge in [-0.25, -0.2) is 4.79 Å². The fourth-order valence-corrected chi connectivity index (χ4v) is 3.79. The molecule has 3 aromatic rings. The average Bonchev–Trinajstić information content (AvgIpc) is 2.79. The molecule has 4 rings (SSSR count). The van der Waals surface area contributed by atoms with Crippen molar-refractivity contribution in [2.45, 2.75) is 17.9 Å². The lowest BCUT2D eigenvalue weighted by Gasteiger charge is -2.45. The summed E-state index contributed by atoms with van der Waals surface area (Å²) in [5.41, 5.74) is -3.66. The van der Waals surface area contributed by atoms with Gasteiger partial charge >= 0.3 is 12.2 Å². The predicted octanol–water partition coefficient (Wildman–Crippen LogP) is 4.58. The summed E-state index contributed by atoms with van der Waals surface area (Å²) in [6.45, 7) is 0. The summed E-state index contributed by atoms with van der Waals surface area (Å²) < 4.78 is 47.8. The summed E-state index contributed by atoms with van der Waals surface area (Å²) in [6.07, 6.45) is -5.32. The second-order valence-electron chi connectivity index (χ2n) is 7.54. The molecule has 0 saturated carbocycles. The molecule has 170 valence electrons. The van der Waals surface area contributed by atoms with Crippen molar-refractivity contribution in [1.82, 2.24) is 10.6 Å². The van der Waals surface area contributed by atoms with Crippen molar-refractivity contribution in [3.63, 3.8) is 0 Å². The molecule has 3 unspecified atom stereocenters. The third kappa shape index (κ3) is 4.40. The number of ether oxygens (including phenoxy) is 1. The summed E-state index contributed by atoms with van der Waals surface area (Å²) in [4.78, 5) is 25.4. The van der Waals surface area contributed by atoms with Gasteiger partial charge in [0.2, 0.25) is 5.72 Å². The van der Waals surface area contributed by atoms with Crippen LogP contribution in [0.25, 0.3) is 0 Å². The Hall–Kier alpha value is -3.85. The van der Waals surface area contributed by atoms with Crippen LogP contribution in [0.5, 0.6) is 11.5 Å². The van der Waals surface area contributed by atoms with E-state index in [1.807, 2.05) is 0 Å². The molecule has 0 aromatic heterocycles. The second-order valence-corrected chi connectivity index (χ2v) is 7.54. The highest BCUT2D eigenvalue weighted by molar-refractivity contribution is 6.00. The topological polar surface area (TPSA) is 87.7 Å². The van der Waals surface area contributed by atoms with E-state index in [0.29, 0.717) is 5.75 Å². The van der Waals surface area contributed by atoms with E-state index in [-0.39, 0.29) is 16.9 Å². The van der Waals surface area contributed by atoms with Crippen molar-refractivity contribution in [3.8, 4) is 11.5 Å². The third-order valence-electron chi connectivity index (χ3n) is 5.34. The van der Waals surface area contributed by atoms with E-state index in [1.165, 1.54) is 47.8 Å². The van der Waals surface area contributed by atoms with E-state index < -0.39 is 35.7 Å². The number of ketones is 1. The monoisotopic (exact) mass is 456 g/mol. The highest BCUT2D eigenvalue weighted by atomic mass is 19.4. The molecule has 0 spiro atoms. The van der Waals surface area contributed by atoms with Crippen molar-refractivity contribution >= 4 is 11.8 Å². The lowest BCUT2D eigenvalue weighted by molar-refractivity contribution is -0.287. The lowest BCUT2D eigenvalue weighted by Crippen LogP contribution is -2.72. The number of carbonyl (C=O) groups excluding carboxylic acids is 2. The molecule has 6 nitrogen and oxygen atoms in total. The van der Waals surface area contributed by atoms with Gasteiger partial charge in [-0.15, -0.1) is 0 Å². The van der Waals surface area contributed by atoms with Crippen molar-refractivity contribution in [2.75, 3.05) is 0 Å². The van der Waals surface area contributed by atoms with Crippen molar-refractivity contribution in [2.24, 2.45) is 5.92 Å². The number of alkyl halides is 3. The highest BCUT2D eigenvalue weighted by Gasteiger charge is 2.66. The number of amides is 2. The summed E-state index contributed by atoms with van der Waals surface area (Å²) in [5.74, 6) is -2.31. The van der Waals surface area contributed by atoms with E-state index in [0.717, 1.165) is 0 Å². The molecule has 1 aliphatic heterocycles. The van der Waals surface area contributed by atoms with Crippen LogP contribution in [-0.4, -0.2) is 28.8 Å². The minimum Gasteiger partial charge on any atom is -0.457 e. The molecule has 33 heavy (non-hydrogen) atoms. The molecule has 1 saturated heterocycles. The number of hydrogen-bond acceptors (Lipinski definition) is 4. The minimum atomic E-state index is -5.32. The maximum atomic E-state index is 14.0. The van der Waals surface area contributed by atoms with Crippen molar-refractivity contribution in [3.05, 3.63) is 96.1 Å². The van der Waals surface area contributed by atoms with Crippen LogP contribution in [0.15, 0.2) is 84.9 Å². The van der Waals surface area contributed by atoms with Crippen LogP contribution in [0.2, 0.25) is 0 Å². The van der Waals surface area contributed by atoms with Crippen LogP contribution < -0.4 is 15.4 Å². The number of halogens is 3. The molecule has 3 aromatic carbocycles. The molecular formula is C24H19F3N2O4. The molecule has 3 N–H and O–H groups in total. The Morgan fingerprint density at radius 3 is 2.15 bits per heavy atom. The SMILES string of the molecule is O=C1NC(c2cccc(Oc3ccccc3)c2)C(C(=O)c2ccccc2)C(O)(C(F)(F)F)N1. The molecule has 0 bridgehead atoms. The van der Waals surface area contributed by atoms with Crippen LogP contribution in [0.4, 0.5) is 18.0 Å². The number of benzene rings is 3. The first-order valence-corrected chi connectivity index (χ1v) is 9.99. The van der Waals surface area contributed by atoms with E-state index in [4.69, 9.17) is 4.74 Å². The number of urea groups is 1. The number of nitrogens with one attached hydrogen (secondary N) is 2. The van der Waals surface area contributed by atoms with Crippen LogP contribution in [0.1, 0.15) is 22.0 Å². The van der Waals surface area contributed by atoms with Gasteiger partial charge in [-0.3, -0.25) is 4.79 Å². The predicted molar refractivity (Wildman–Crippen MR) is 113 cm³/mol. The summed E-state index contributed by atoms with van der Waals surface area (Å²) in [7, 11) is 0. The smallest absolute Gasteiger partial charge is 0.437 e. The zero-order chi connectivity index (χ0) is 23.6. The van der Waals surface area contributed by atoms with Gasteiger partial charge < -0.3 is 20.5 Å². The van der Waals surface area contributed by atoms with Crippen LogP contribution in [0.3, 0.4) is 0 Å². The first kappa shape index (κ1) is 22.3. The Labute approximate surface area is 187 Å². The van der Waals surface area contributed by atoms with E-state index in [1.54, 1.807) is 42.5 Å². The highest BCUT2D eigenvalue weighted by Crippen LogP contribution is 2.44. The number of hydrogen-bond donors (Lipinski definition) is 3. The summed E-state index contributed by atoms with van der Waals surface area (Å²) in [6, 6.07) is 19.2. The fraction of sp³-hybridized carbons (Fsp3) is 0.167. The minimum absolute atomic E-state index is 0.0372. The number of Topliss-reactive ketones (excluding diaryl/α,β-unsaturated/α-hetero) is 1. The maximum absolute atomic E-state index is 14.0. The molecule has 2 amide bonds. The second kappa shape index (κ2) is 8.59. The zero-order valence-electron chi connectivity index (χ0n) is 17.0. The Bertz CT molecular complexity index is 1160. The Morgan fingerprint density at radius 2 is 1.52 bits per heavy atom. The van der Waals surface area contributed by atoms with Crippen molar-refractivity contribution < 1.29 is 32.6 Å². The summed E-state index contributed by atoms with van der Waals surface area (Å²) >= 11 is 0. The molecule has 0 aliphatic carbocycles. The fourth-order valence-electron chi connectivity index (χ4n) is 3.79. The molecule has 1 fully saturated rings. The van der Waals surface area contributed by atoms with Gasteiger partial charge in [0, 0.05) is 5.56 Å².